The van der Waals surface area contributed by atoms with Crippen LogP contribution >= 0.6 is 0 Å². The van der Waals surface area contributed by atoms with Gasteiger partial charge in [0.05, 0.1) is 30.1 Å². The fraction of sp³-hybridized carbons (Fsp3) is 0.0645. The highest BCUT2D eigenvalue weighted by Crippen LogP contribution is 2.28. The number of ether oxygens (including phenoxy) is 2. The Kier molecular flexibility index (Phi) is 9.19. The Morgan fingerprint density at radius 2 is 1.46 bits per heavy atom. The van der Waals surface area contributed by atoms with Crippen molar-refractivity contribution >= 4 is 41.3 Å². The van der Waals surface area contributed by atoms with Crippen LogP contribution in [0.1, 0.15) is 31.8 Å². The molecule has 0 radical (unpaired) electrons. The molecule has 0 unspecified atom stereocenters. The molecule has 0 aliphatic heterocycles. The van der Waals surface area contributed by atoms with Crippen LogP contribution in [-0.4, -0.2) is 37.0 Å². The molecule has 0 aliphatic carbocycles. The van der Waals surface area contributed by atoms with Gasteiger partial charge in [0, 0.05) is 5.69 Å². The molecular formula is C31H26N4O6. The van der Waals surface area contributed by atoms with Gasteiger partial charge in [-0.3, -0.25) is 14.4 Å². The summed E-state index contributed by atoms with van der Waals surface area (Å²) in [7, 11) is 1.42. The highest BCUT2D eigenvalue weighted by atomic mass is 16.6. The topological polar surface area (TPSA) is 135 Å². The van der Waals surface area contributed by atoms with E-state index in [1.807, 2.05) is 19.1 Å². The van der Waals surface area contributed by atoms with E-state index in [0.29, 0.717) is 16.8 Å². The predicted molar refractivity (Wildman–Crippen MR) is 154 cm³/mol. The summed E-state index contributed by atoms with van der Waals surface area (Å²) >= 11 is 0. The van der Waals surface area contributed by atoms with Crippen molar-refractivity contribution in [3.63, 3.8) is 0 Å². The summed E-state index contributed by atoms with van der Waals surface area (Å²) in [5.41, 5.74) is 5.00. The number of hydrogen-bond donors (Lipinski definition) is 3. The fourth-order valence-corrected chi connectivity index (χ4v) is 3.60. The van der Waals surface area contributed by atoms with Crippen molar-refractivity contribution in [1.82, 2.24) is 5.43 Å². The van der Waals surface area contributed by atoms with Gasteiger partial charge in [-0.15, -0.1) is 0 Å². The largest absolute Gasteiger partial charge is 0.493 e. The van der Waals surface area contributed by atoms with E-state index in [1.165, 1.54) is 31.5 Å². The van der Waals surface area contributed by atoms with E-state index in [9.17, 15) is 19.2 Å². The second kappa shape index (κ2) is 13.3. The van der Waals surface area contributed by atoms with Crippen LogP contribution in [0.2, 0.25) is 0 Å². The van der Waals surface area contributed by atoms with Crippen molar-refractivity contribution in [2.45, 2.75) is 6.92 Å². The molecule has 4 rings (SSSR count). The Bertz CT molecular complexity index is 1600. The first-order chi connectivity index (χ1) is 19.8. The molecule has 10 heteroatoms. The number of para-hydroxylation sites is 1. The highest BCUT2D eigenvalue weighted by molar-refractivity contribution is 6.40. The van der Waals surface area contributed by atoms with E-state index in [4.69, 9.17) is 9.47 Å². The van der Waals surface area contributed by atoms with Crippen molar-refractivity contribution in [3.8, 4) is 11.5 Å². The van der Waals surface area contributed by atoms with E-state index in [1.54, 1.807) is 66.7 Å². The minimum absolute atomic E-state index is 0.159. The molecule has 0 heterocycles. The number of esters is 1. The molecule has 0 saturated heterocycles. The Balaban J connectivity index is 1.35. The minimum Gasteiger partial charge on any atom is -0.493 e. The maximum Gasteiger partial charge on any atom is 0.343 e. The average Bonchev–Trinajstić information content (AvgIpc) is 2.99. The first-order valence-corrected chi connectivity index (χ1v) is 12.4. The molecule has 3 amide bonds. The Morgan fingerprint density at radius 1 is 0.756 bits per heavy atom. The van der Waals surface area contributed by atoms with E-state index < -0.39 is 23.7 Å². The normalized spacial score (nSPS) is 10.5. The number of nitrogens with one attached hydrogen (secondary N) is 3. The lowest BCUT2D eigenvalue weighted by atomic mass is 10.1. The smallest absolute Gasteiger partial charge is 0.343 e. The quantitative estimate of drug-likeness (QED) is 0.0968. The molecule has 0 spiro atoms. The summed E-state index contributed by atoms with van der Waals surface area (Å²) in [6.45, 7) is 1.93. The van der Waals surface area contributed by atoms with Gasteiger partial charge in [0.15, 0.2) is 11.5 Å². The van der Waals surface area contributed by atoms with Crippen LogP contribution in [0.15, 0.2) is 102 Å². The van der Waals surface area contributed by atoms with Crippen molar-refractivity contribution in [1.29, 1.82) is 0 Å². The van der Waals surface area contributed by atoms with Gasteiger partial charge in [0.25, 0.3) is 5.91 Å². The predicted octanol–water partition coefficient (Wildman–Crippen LogP) is 4.56. The van der Waals surface area contributed by atoms with Crippen LogP contribution in [0.3, 0.4) is 0 Å². The third-order valence-electron chi connectivity index (χ3n) is 5.72. The fourth-order valence-electron chi connectivity index (χ4n) is 3.60. The number of benzene rings is 4. The maximum atomic E-state index is 12.8. The number of rotatable bonds is 8. The van der Waals surface area contributed by atoms with Gasteiger partial charge in [0.1, 0.15) is 0 Å². The Labute approximate surface area is 236 Å². The highest BCUT2D eigenvalue weighted by Gasteiger charge is 2.18. The molecular weight excluding hydrogens is 524 g/mol. The zero-order valence-corrected chi connectivity index (χ0v) is 22.2. The molecule has 0 fully saturated rings. The van der Waals surface area contributed by atoms with Gasteiger partial charge in [-0.2, -0.15) is 5.10 Å². The third-order valence-corrected chi connectivity index (χ3v) is 5.72. The van der Waals surface area contributed by atoms with E-state index in [-0.39, 0.29) is 22.7 Å². The summed E-state index contributed by atoms with van der Waals surface area (Å²) in [6.07, 6.45) is 1.29. The first-order valence-electron chi connectivity index (χ1n) is 12.4. The zero-order chi connectivity index (χ0) is 29.2. The van der Waals surface area contributed by atoms with Crippen molar-refractivity contribution in [2.75, 3.05) is 17.7 Å². The summed E-state index contributed by atoms with van der Waals surface area (Å²) in [5, 5.41) is 9.01. The standard InChI is InChI=1S/C31H26N4O6/c1-20-12-15-23(16-13-20)33-28(36)24-10-6-7-11-25(24)34-29(37)30(38)35-32-19-21-14-17-26(27(18-21)40-2)41-31(39)22-8-4-3-5-9-22/h3-19H,1-2H3,(H,33,36)(H,34,37)(H,35,38)/b32-19-. The molecule has 4 aromatic carbocycles. The van der Waals surface area contributed by atoms with Crippen LogP contribution in [0, 0.1) is 6.92 Å². The first kappa shape index (κ1) is 28.2. The maximum absolute atomic E-state index is 12.8. The van der Waals surface area contributed by atoms with Gasteiger partial charge in [0.2, 0.25) is 0 Å². The van der Waals surface area contributed by atoms with Crippen LogP contribution in [0.4, 0.5) is 11.4 Å². The number of nitrogens with zero attached hydrogens (tertiary/aromatic N) is 1. The molecule has 0 bridgehead atoms. The lowest BCUT2D eigenvalue weighted by Gasteiger charge is -2.11. The van der Waals surface area contributed by atoms with Crippen molar-refractivity contribution < 1.29 is 28.7 Å². The molecule has 41 heavy (non-hydrogen) atoms. The van der Waals surface area contributed by atoms with Crippen molar-refractivity contribution in [2.24, 2.45) is 5.10 Å². The summed E-state index contributed by atoms with van der Waals surface area (Å²) in [5.74, 6) is -2.59. The monoisotopic (exact) mass is 550 g/mol. The SMILES string of the molecule is COc1cc(/C=N\NC(=O)C(=O)Nc2ccccc2C(=O)Nc2ccc(C)cc2)ccc1OC(=O)c1ccccc1. The van der Waals surface area contributed by atoms with Gasteiger partial charge in [-0.05, 0) is 67.1 Å². The third kappa shape index (κ3) is 7.64. The number of amides is 3. The molecule has 4 aromatic rings. The van der Waals surface area contributed by atoms with Crippen LogP contribution in [0.5, 0.6) is 11.5 Å². The number of anilines is 2. The van der Waals surface area contributed by atoms with Gasteiger partial charge in [-0.25, -0.2) is 10.2 Å². The second-order valence-corrected chi connectivity index (χ2v) is 8.68. The summed E-state index contributed by atoms with van der Waals surface area (Å²) < 4.78 is 10.7. The van der Waals surface area contributed by atoms with Crippen LogP contribution in [-0.2, 0) is 9.59 Å². The van der Waals surface area contributed by atoms with Gasteiger partial charge >= 0.3 is 17.8 Å². The zero-order valence-electron chi connectivity index (χ0n) is 22.2. The molecule has 206 valence electrons. The Hall–Kier alpha value is -5.77. The lowest BCUT2D eigenvalue weighted by Crippen LogP contribution is -2.33. The molecule has 0 atom stereocenters. The van der Waals surface area contributed by atoms with Crippen molar-refractivity contribution in [3.05, 3.63) is 119 Å². The average molecular weight is 551 g/mol. The van der Waals surface area contributed by atoms with Gasteiger partial charge in [-0.1, -0.05) is 48.0 Å². The van der Waals surface area contributed by atoms with Crippen LogP contribution in [0.25, 0.3) is 0 Å². The molecule has 0 aromatic heterocycles. The van der Waals surface area contributed by atoms with E-state index >= 15 is 0 Å². The number of hydrogen-bond acceptors (Lipinski definition) is 7. The molecule has 3 N–H and O–H groups in total. The molecule has 0 saturated carbocycles. The second-order valence-electron chi connectivity index (χ2n) is 8.68. The number of methoxy groups -OCH3 is 1. The van der Waals surface area contributed by atoms with E-state index in [0.717, 1.165) is 5.56 Å². The van der Waals surface area contributed by atoms with E-state index in [2.05, 4.69) is 21.2 Å². The summed E-state index contributed by atoms with van der Waals surface area (Å²) in [4.78, 5) is 50.0. The Morgan fingerprint density at radius 3 is 2.20 bits per heavy atom. The molecule has 10 nitrogen and oxygen atoms in total. The number of carbonyl (C=O) groups excluding carboxylic acids is 4. The number of hydrazone groups is 1. The number of carbonyl (C=O) groups is 4. The minimum atomic E-state index is -1.05. The van der Waals surface area contributed by atoms with Gasteiger partial charge < -0.3 is 20.1 Å². The van der Waals surface area contributed by atoms with Crippen LogP contribution < -0.4 is 25.5 Å². The summed E-state index contributed by atoms with van der Waals surface area (Å²) in [6, 6.07) is 26.7. The number of aryl methyl sites for hydroxylation is 1. The molecule has 0 aliphatic rings. The lowest BCUT2D eigenvalue weighted by molar-refractivity contribution is -0.136.